The Morgan fingerprint density at radius 3 is 1.76 bits per heavy atom. The first-order valence-electron chi connectivity index (χ1n) is 7.23. The normalized spacial score (nSPS) is 10.8. The molecule has 0 spiro atoms. The Labute approximate surface area is 127 Å². The number of hydrogen-bond acceptors (Lipinski definition) is 2. The SMILES string of the molecule is Cc1ccc(C(=O)c2c(C)c(C)c(C)c(C)c2C)cc1N. The van der Waals surface area contributed by atoms with Crippen LogP contribution in [-0.2, 0) is 0 Å². The molecule has 0 unspecified atom stereocenters. The van der Waals surface area contributed by atoms with Gasteiger partial charge in [0, 0.05) is 16.8 Å². The summed E-state index contributed by atoms with van der Waals surface area (Å²) in [4.78, 5) is 12.9. The van der Waals surface area contributed by atoms with E-state index in [0.717, 1.165) is 22.3 Å². The first-order chi connectivity index (χ1) is 9.75. The van der Waals surface area contributed by atoms with Crippen molar-refractivity contribution in [2.75, 3.05) is 5.73 Å². The minimum Gasteiger partial charge on any atom is -0.398 e. The number of carbonyl (C=O) groups is 1. The smallest absolute Gasteiger partial charge is 0.193 e. The van der Waals surface area contributed by atoms with E-state index in [-0.39, 0.29) is 5.78 Å². The summed E-state index contributed by atoms with van der Waals surface area (Å²) in [7, 11) is 0. The number of aryl methyl sites for hydroxylation is 1. The molecule has 110 valence electrons. The molecule has 0 radical (unpaired) electrons. The van der Waals surface area contributed by atoms with Crippen molar-refractivity contribution < 1.29 is 4.79 Å². The van der Waals surface area contributed by atoms with Crippen molar-refractivity contribution in [1.29, 1.82) is 0 Å². The molecule has 2 N–H and O–H groups in total. The van der Waals surface area contributed by atoms with Crippen molar-refractivity contribution in [3.05, 3.63) is 62.7 Å². The highest BCUT2D eigenvalue weighted by atomic mass is 16.1. The van der Waals surface area contributed by atoms with Gasteiger partial charge in [0.2, 0.25) is 0 Å². The predicted molar refractivity (Wildman–Crippen MR) is 89.2 cm³/mol. The summed E-state index contributed by atoms with van der Waals surface area (Å²) in [6.45, 7) is 12.3. The van der Waals surface area contributed by atoms with Crippen LogP contribution in [0.15, 0.2) is 18.2 Å². The molecule has 2 aromatic carbocycles. The maximum absolute atomic E-state index is 12.9. The maximum atomic E-state index is 12.9. The first-order valence-corrected chi connectivity index (χ1v) is 7.23. The molecule has 21 heavy (non-hydrogen) atoms. The van der Waals surface area contributed by atoms with Crippen LogP contribution in [0.4, 0.5) is 5.69 Å². The molecule has 2 nitrogen and oxygen atoms in total. The molecule has 0 heterocycles. The first kappa shape index (κ1) is 15.3. The highest BCUT2D eigenvalue weighted by molar-refractivity contribution is 6.11. The third-order valence-corrected chi connectivity index (χ3v) is 4.77. The molecular weight excluding hydrogens is 258 g/mol. The van der Waals surface area contributed by atoms with Crippen molar-refractivity contribution in [2.45, 2.75) is 41.5 Å². The Balaban J connectivity index is 2.66. The van der Waals surface area contributed by atoms with Gasteiger partial charge in [-0.05, 0) is 81.0 Å². The standard InChI is InChI=1S/C19H23NO/c1-10-7-8-16(9-17(10)20)19(21)18-14(5)12(3)11(2)13(4)15(18)6/h7-9H,20H2,1-6H3. The van der Waals surface area contributed by atoms with E-state index in [4.69, 9.17) is 5.73 Å². The molecule has 0 atom stereocenters. The number of carbonyl (C=O) groups excluding carboxylic acids is 1. The van der Waals surface area contributed by atoms with Crippen LogP contribution in [0.2, 0.25) is 0 Å². The van der Waals surface area contributed by atoms with E-state index in [9.17, 15) is 4.79 Å². The Morgan fingerprint density at radius 1 is 0.810 bits per heavy atom. The molecule has 0 bridgehead atoms. The third-order valence-electron chi connectivity index (χ3n) is 4.77. The Morgan fingerprint density at radius 2 is 1.29 bits per heavy atom. The summed E-state index contributed by atoms with van der Waals surface area (Å²) in [6.07, 6.45) is 0. The Hall–Kier alpha value is -2.09. The average molecular weight is 281 g/mol. The topological polar surface area (TPSA) is 43.1 Å². The summed E-state index contributed by atoms with van der Waals surface area (Å²) < 4.78 is 0. The molecule has 0 amide bonds. The van der Waals surface area contributed by atoms with Gasteiger partial charge in [-0.3, -0.25) is 4.79 Å². The third kappa shape index (κ3) is 2.46. The Bertz CT molecular complexity index is 713. The minimum absolute atomic E-state index is 0.0582. The second-order valence-corrected chi connectivity index (χ2v) is 5.90. The van der Waals surface area contributed by atoms with E-state index >= 15 is 0 Å². The van der Waals surface area contributed by atoms with Gasteiger partial charge in [0.05, 0.1) is 0 Å². The lowest BCUT2D eigenvalue weighted by molar-refractivity contribution is 0.103. The van der Waals surface area contributed by atoms with Gasteiger partial charge in [-0.15, -0.1) is 0 Å². The largest absolute Gasteiger partial charge is 0.398 e. The molecule has 0 saturated carbocycles. The molecule has 2 heteroatoms. The lowest BCUT2D eigenvalue weighted by Crippen LogP contribution is -2.11. The van der Waals surface area contributed by atoms with Crippen molar-refractivity contribution >= 4 is 11.5 Å². The summed E-state index contributed by atoms with van der Waals surface area (Å²) in [5, 5.41) is 0. The summed E-state index contributed by atoms with van der Waals surface area (Å²) in [5.41, 5.74) is 14.9. The van der Waals surface area contributed by atoms with Crippen LogP contribution in [0, 0.1) is 41.5 Å². The molecule has 0 fully saturated rings. The fourth-order valence-electron chi connectivity index (χ4n) is 2.77. The van der Waals surface area contributed by atoms with E-state index in [1.807, 2.05) is 32.9 Å². The van der Waals surface area contributed by atoms with Crippen LogP contribution >= 0.6 is 0 Å². The summed E-state index contributed by atoms with van der Waals surface area (Å²) in [5.74, 6) is 0.0582. The van der Waals surface area contributed by atoms with E-state index in [0.29, 0.717) is 11.3 Å². The van der Waals surface area contributed by atoms with Crippen LogP contribution in [0.5, 0.6) is 0 Å². The lowest BCUT2D eigenvalue weighted by Gasteiger charge is -2.18. The summed E-state index contributed by atoms with van der Waals surface area (Å²) in [6, 6.07) is 5.54. The predicted octanol–water partition coefficient (Wildman–Crippen LogP) is 4.35. The van der Waals surface area contributed by atoms with Gasteiger partial charge in [0.25, 0.3) is 0 Å². The molecule has 0 saturated heterocycles. The van der Waals surface area contributed by atoms with E-state index in [1.165, 1.54) is 16.7 Å². The zero-order chi connectivity index (χ0) is 15.9. The average Bonchev–Trinajstić information content (AvgIpc) is 2.46. The van der Waals surface area contributed by atoms with Crippen LogP contribution in [0.25, 0.3) is 0 Å². The zero-order valence-electron chi connectivity index (χ0n) is 13.7. The van der Waals surface area contributed by atoms with E-state index in [1.54, 1.807) is 6.07 Å². The quantitative estimate of drug-likeness (QED) is 0.657. The van der Waals surface area contributed by atoms with Gasteiger partial charge in [-0.25, -0.2) is 0 Å². The molecule has 0 aliphatic rings. The van der Waals surface area contributed by atoms with Crippen molar-refractivity contribution in [2.24, 2.45) is 0 Å². The molecule has 0 aromatic heterocycles. The molecule has 0 aliphatic carbocycles. The number of rotatable bonds is 2. The number of nitrogen functional groups attached to an aromatic ring is 1. The van der Waals surface area contributed by atoms with Gasteiger partial charge in [0.15, 0.2) is 5.78 Å². The highest BCUT2D eigenvalue weighted by Crippen LogP contribution is 2.28. The van der Waals surface area contributed by atoms with Crippen molar-refractivity contribution in [3.8, 4) is 0 Å². The lowest BCUT2D eigenvalue weighted by atomic mass is 9.86. The van der Waals surface area contributed by atoms with Gasteiger partial charge >= 0.3 is 0 Å². The van der Waals surface area contributed by atoms with Gasteiger partial charge in [-0.2, -0.15) is 0 Å². The van der Waals surface area contributed by atoms with Gasteiger partial charge in [0.1, 0.15) is 0 Å². The monoisotopic (exact) mass is 281 g/mol. The minimum atomic E-state index is 0.0582. The second kappa shape index (κ2) is 5.36. The maximum Gasteiger partial charge on any atom is 0.193 e. The highest BCUT2D eigenvalue weighted by Gasteiger charge is 2.19. The zero-order valence-corrected chi connectivity index (χ0v) is 13.7. The van der Waals surface area contributed by atoms with Crippen LogP contribution in [0.3, 0.4) is 0 Å². The number of hydrogen-bond donors (Lipinski definition) is 1. The molecule has 0 aliphatic heterocycles. The fraction of sp³-hybridized carbons (Fsp3) is 0.316. The second-order valence-electron chi connectivity index (χ2n) is 5.90. The van der Waals surface area contributed by atoms with Crippen LogP contribution in [0.1, 0.15) is 49.3 Å². The fourth-order valence-corrected chi connectivity index (χ4v) is 2.77. The van der Waals surface area contributed by atoms with Crippen molar-refractivity contribution in [3.63, 3.8) is 0 Å². The summed E-state index contributed by atoms with van der Waals surface area (Å²) >= 11 is 0. The van der Waals surface area contributed by atoms with Crippen LogP contribution < -0.4 is 5.73 Å². The van der Waals surface area contributed by atoms with Crippen LogP contribution in [-0.4, -0.2) is 5.78 Å². The Kier molecular flexibility index (Phi) is 3.91. The molecule has 2 rings (SSSR count). The van der Waals surface area contributed by atoms with E-state index < -0.39 is 0 Å². The molecule has 2 aromatic rings. The van der Waals surface area contributed by atoms with Gasteiger partial charge in [-0.1, -0.05) is 12.1 Å². The number of ketones is 1. The van der Waals surface area contributed by atoms with Gasteiger partial charge < -0.3 is 5.73 Å². The number of benzene rings is 2. The van der Waals surface area contributed by atoms with Crippen molar-refractivity contribution in [1.82, 2.24) is 0 Å². The number of nitrogens with two attached hydrogens (primary N) is 1. The number of anilines is 1. The van der Waals surface area contributed by atoms with E-state index in [2.05, 4.69) is 20.8 Å². The molecular formula is C19H23NO.